The number of carboxylic acids is 1. The molecule has 10 heteroatoms. The summed E-state index contributed by atoms with van der Waals surface area (Å²) < 4.78 is 49.3. The number of benzene rings is 2. The average Bonchev–Trinajstić information content (AvgIpc) is 3.19. The van der Waals surface area contributed by atoms with Gasteiger partial charge in [0.25, 0.3) is 0 Å². The van der Waals surface area contributed by atoms with Crippen LogP contribution in [0.4, 0.5) is 13.2 Å². The fourth-order valence-electron chi connectivity index (χ4n) is 2.58. The summed E-state index contributed by atoms with van der Waals surface area (Å²) in [6.07, 6.45) is -4.94. The second-order valence-electron chi connectivity index (χ2n) is 7.27. The van der Waals surface area contributed by atoms with Crippen LogP contribution in [0.25, 0.3) is 11.4 Å². The Morgan fingerprint density at radius 3 is 2.16 bits per heavy atom. The number of rotatable bonds is 7. The molecule has 1 heterocycles. The van der Waals surface area contributed by atoms with E-state index in [9.17, 15) is 18.0 Å². The highest BCUT2D eigenvalue weighted by atomic mass is 19.4. The maximum Gasteiger partial charge on any atom is 0.416 e. The molecule has 31 heavy (non-hydrogen) atoms. The van der Waals surface area contributed by atoms with Crippen LogP contribution >= 0.6 is 0 Å². The first-order chi connectivity index (χ1) is 14.5. The van der Waals surface area contributed by atoms with Crippen molar-refractivity contribution in [2.75, 3.05) is 0 Å². The van der Waals surface area contributed by atoms with E-state index in [4.69, 9.17) is 14.6 Å². The quantitative estimate of drug-likeness (QED) is 0.549. The first-order valence-electron chi connectivity index (χ1n) is 9.25. The number of hydrogen-bond donors (Lipinski definition) is 2. The molecule has 0 aliphatic carbocycles. The summed E-state index contributed by atoms with van der Waals surface area (Å²) in [6, 6.07) is 11.0. The SMILES string of the molecule is CC(Oc1ccc(OC(C)(C)C(=O)O)cc1)c1nc(-c2ccc(C(F)(F)F)cc2)n[nH]1. The van der Waals surface area contributed by atoms with Crippen LogP contribution in [0.2, 0.25) is 0 Å². The molecule has 0 radical (unpaired) electrons. The fourth-order valence-corrected chi connectivity index (χ4v) is 2.58. The molecule has 164 valence electrons. The van der Waals surface area contributed by atoms with Crippen molar-refractivity contribution in [1.29, 1.82) is 0 Å². The van der Waals surface area contributed by atoms with Crippen molar-refractivity contribution in [3.05, 3.63) is 59.9 Å². The standard InChI is InChI=1S/C21H20F3N3O4/c1-12(30-15-8-10-16(11-9-15)31-20(2,3)19(28)29)17-25-18(27-26-17)13-4-6-14(7-5-13)21(22,23)24/h4-12H,1-3H3,(H,28,29)(H,25,26,27). The predicted molar refractivity (Wildman–Crippen MR) is 105 cm³/mol. The summed E-state index contributed by atoms with van der Waals surface area (Å²) in [5, 5.41) is 15.9. The van der Waals surface area contributed by atoms with Gasteiger partial charge >= 0.3 is 12.1 Å². The second kappa shape index (κ2) is 8.29. The molecule has 0 bridgehead atoms. The van der Waals surface area contributed by atoms with Crippen LogP contribution in [-0.4, -0.2) is 31.9 Å². The minimum atomic E-state index is -4.41. The summed E-state index contributed by atoms with van der Waals surface area (Å²) >= 11 is 0. The molecule has 0 saturated heterocycles. The number of nitrogens with zero attached hydrogens (tertiary/aromatic N) is 2. The Bertz CT molecular complexity index is 1040. The lowest BCUT2D eigenvalue weighted by atomic mass is 10.1. The molecule has 0 amide bonds. The molecule has 3 rings (SSSR count). The van der Waals surface area contributed by atoms with Crippen LogP contribution in [0, 0.1) is 0 Å². The van der Waals surface area contributed by atoms with E-state index in [0.29, 0.717) is 22.9 Å². The molecular weight excluding hydrogens is 415 g/mol. The number of carboxylic acid groups (broad SMARTS) is 1. The first kappa shape index (κ1) is 22.1. The van der Waals surface area contributed by atoms with Crippen LogP contribution < -0.4 is 9.47 Å². The van der Waals surface area contributed by atoms with Gasteiger partial charge in [-0.1, -0.05) is 12.1 Å². The molecule has 0 aliphatic heterocycles. The van der Waals surface area contributed by atoms with E-state index in [0.717, 1.165) is 12.1 Å². The van der Waals surface area contributed by atoms with E-state index in [2.05, 4.69) is 15.2 Å². The molecule has 0 fully saturated rings. The van der Waals surface area contributed by atoms with Crippen molar-refractivity contribution in [1.82, 2.24) is 15.2 Å². The monoisotopic (exact) mass is 435 g/mol. The summed E-state index contributed by atoms with van der Waals surface area (Å²) in [6.45, 7) is 4.62. The van der Waals surface area contributed by atoms with Gasteiger partial charge in [-0.2, -0.15) is 18.3 Å². The van der Waals surface area contributed by atoms with E-state index < -0.39 is 29.4 Å². The number of carbonyl (C=O) groups is 1. The van der Waals surface area contributed by atoms with Crippen molar-refractivity contribution in [2.24, 2.45) is 0 Å². The highest BCUT2D eigenvalue weighted by Gasteiger charge is 2.30. The van der Waals surface area contributed by atoms with E-state index in [-0.39, 0.29) is 5.82 Å². The van der Waals surface area contributed by atoms with Gasteiger partial charge in [0, 0.05) is 5.56 Å². The Balaban J connectivity index is 1.66. The molecule has 0 aliphatic rings. The van der Waals surface area contributed by atoms with Crippen LogP contribution in [0.15, 0.2) is 48.5 Å². The maximum atomic E-state index is 12.7. The molecule has 0 saturated carbocycles. The van der Waals surface area contributed by atoms with E-state index >= 15 is 0 Å². The smallest absolute Gasteiger partial charge is 0.416 e. The number of aliphatic carboxylic acids is 1. The predicted octanol–water partition coefficient (Wildman–Crippen LogP) is 4.87. The third kappa shape index (κ3) is 5.33. The number of nitrogens with one attached hydrogen (secondary N) is 1. The Labute approximate surface area is 175 Å². The molecular formula is C21H20F3N3O4. The van der Waals surface area contributed by atoms with Gasteiger partial charge in [-0.05, 0) is 57.2 Å². The van der Waals surface area contributed by atoms with E-state index in [1.165, 1.54) is 26.0 Å². The lowest BCUT2D eigenvalue weighted by Gasteiger charge is -2.21. The summed E-state index contributed by atoms with van der Waals surface area (Å²) in [4.78, 5) is 15.4. The lowest BCUT2D eigenvalue weighted by Crippen LogP contribution is -2.37. The molecule has 2 N–H and O–H groups in total. The van der Waals surface area contributed by atoms with Gasteiger partial charge in [-0.15, -0.1) is 0 Å². The van der Waals surface area contributed by atoms with Gasteiger partial charge in [0.05, 0.1) is 5.56 Å². The lowest BCUT2D eigenvalue weighted by molar-refractivity contribution is -0.152. The third-order valence-electron chi connectivity index (χ3n) is 4.38. The van der Waals surface area contributed by atoms with Crippen LogP contribution in [-0.2, 0) is 11.0 Å². The Kier molecular flexibility index (Phi) is 5.92. The zero-order chi connectivity index (χ0) is 22.8. The van der Waals surface area contributed by atoms with Gasteiger partial charge < -0.3 is 14.6 Å². The van der Waals surface area contributed by atoms with Crippen molar-refractivity contribution >= 4 is 5.97 Å². The highest BCUT2D eigenvalue weighted by molar-refractivity contribution is 5.76. The number of halogens is 3. The van der Waals surface area contributed by atoms with E-state index in [1.54, 1.807) is 31.2 Å². The number of aromatic nitrogens is 3. The van der Waals surface area contributed by atoms with Gasteiger partial charge in [0.2, 0.25) is 0 Å². The molecule has 1 aromatic heterocycles. The van der Waals surface area contributed by atoms with Crippen molar-refractivity contribution in [3.63, 3.8) is 0 Å². The molecule has 3 aromatic rings. The van der Waals surface area contributed by atoms with Crippen LogP contribution in [0.1, 0.15) is 38.3 Å². The van der Waals surface area contributed by atoms with Gasteiger partial charge in [0.15, 0.2) is 23.4 Å². The number of aromatic amines is 1. The van der Waals surface area contributed by atoms with Gasteiger partial charge in [-0.3, -0.25) is 5.10 Å². The maximum absolute atomic E-state index is 12.7. The largest absolute Gasteiger partial charge is 0.483 e. The molecule has 0 spiro atoms. The van der Waals surface area contributed by atoms with E-state index in [1.807, 2.05) is 0 Å². The Hall–Kier alpha value is -3.56. The van der Waals surface area contributed by atoms with Crippen LogP contribution in [0.3, 0.4) is 0 Å². The van der Waals surface area contributed by atoms with Crippen LogP contribution in [0.5, 0.6) is 11.5 Å². The Morgan fingerprint density at radius 1 is 1.03 bits per heavy atom. The normalized spacial score (nSPS) is 13.0. The minimum Gasteiger partial charge on any atom is -0.483 e. The zero-order valence-corrected chi connectivity index (χ0v) is 16.9. The molecule has 1 atom stereocenters. The van der Waals surface area contributed by atoms with Crippen molar-refractivity contribution < 1.29 is 32.5 Å². The molecule has 1 unspecified atom stereocenters. The third-order valence-corrected chi connectivity index (χ3v) is 4.38. The van der Waals surface area contributed by atoms with Crippen molar-refractivity contribution in [3.8, 4) is 22.9 Å². The average molecular weight is 435 g/mol. The summed E-state index contributed by atoms with van der Waals surface area (Å²) in [5.41, 5.74) is -1.68. The highest BCUT2D eigenvalue weighted by Crippen LogP contribution is 2.31. The van der Waals surface area contributed by atoms with Gasteiger partial charge in [0.1, 0.15) is 11.5 Å². The second-order valence-corrected chi connectivity index (χ2v) is 7.27. The number of hydrogen-bond acceptors (Lipinski definition) is 5. The Morgan fingerprint density at radius 2 is 1.61 bits per heavy atom. The summed E-state index contributed by atoms with van der Waals surface area (Å²) in [7, 11) is 0. The zero-order valence-electron chi connectivity index (χ0n) is 16.9. The molecule has 7 nitrogen and oxygen atoms in total. The number of alkyl halides is 3. The minimum absolute atomic E-state index is 0.249. The number of ether oxygens (including phenoxy) is 2. The first-order valence-corrected chi connectivity index (χ1v) is 9.25. The van der Waals surface area contributed by atoms with Gasteiger partial charge in [-0.25, -0.2) is 9.78 Å². The summed E-state index contributed by atoms with van der Waals surface area (Å²) in [5.74, 6) is 0.411. The number of H-pyrrole nitrogens is 1. The topological polar surface area (TPSA) is 97.3 Å². The molecule has 2 aromatic carbocycles. The fraction of sp³-hybridized carbons (Fsp3) is 0.286. The van der Waals surface area contributed by atoms with Crippen molar-refractivity contribution in [2.45, 2.75) is 38.7 Å².